The van der Waals surface area contributed by atoms with E-state index in [9.17, 15) is 13.2 Å². The van der Waals surface area contributed by atoms with Crippen LogP contribution in [0.1, 0.15) is 13.3 Å². The summed E-state index contributed by atoms with van der Waals surface area (Å²) in [6, 6.07) is 6.26. The monoisotopic (exact) mass is 271 g/mol. The number of carboxylic acid groups (broad SMARTS) is 1. The van der Waals surface area contributed by atoms with Crippen molar-refractivity contribution in [3.63, 3.8) is 0 Å². The maximum Gasteiger partial charge on any atom is 0.323 e. The van der Waals surface area contributed by atoms with Crippen molar-refractivity contribution < 1.29 is 18.3 Å². The number of anilines is 1. The molecule has 0 radical (unpaired) electrons. The quantitative estimate of drug-likeness (QED) is 0.846. The molecule has 1 aromatic carbocycles. The first-order valence-electron chi connectivity index (χ1n) is 5.61. The third-order valence-corrected chi connectivity index (χ3v) is 3.58. The van der Waals surface area contributed by atoms with Gasteiger partial charge in [0.15, 0.2) is 9.84 Å². The molecule has 0 aromatic heterocycles. The molecule has 0 saturated heterocycles. The first-order valence-corrected chi connectivity index (χ1v) is 7.50. The summed E-state index contributed by atoms with van der Waals surface area (Å²) < 4.78 is 22.6. The number of rotatable bonds is 6. The summed E-state index contributed by atoms with van der Waals surface area (Å²) in [6.07, 6.45) is 1.96. The molecule has 0 aliphatic heterocycles. The third-order valence-electron chi connectivity index (χ3n) is 2.45. The van der Waals surface area contributed by atoms with Gasteiger partial charge in [0.05, 0.1) is 4.90 Å². The molecule has 0 saturated carbocycles. The van der Waals surface area contributed by atoms with E-state index in [1.54, 1.807) is 17.0 Å². The van der Waals surface area contributed by atoms with Gasteiger partial charge in [-0.15, -0.1) is 0 Å². The summed E-state index contributed by atoms with van der Waals surface area (Å²) in [5.74, 6) is -0.907. The highest BCUT2D eigenvalue weighted by molar-refractivity contribution is 7.90. The van der Waals surface area contributed by atoms with Crippen LogP contribution in [0.2, 0.25) is 0 Å². The van der Waals surface area contributed by atoms with Gasteiger partial charge >= 0.3 is 5.97 Å². The Morgan fingerprint density at radius 2 is 1.83 bits per heavy atom. The van der Waals surface area contributed by atoms with E-state index in [1.807, 2.05) is 6.92 Å². The van der Waals surface area contributed by atoms with Crippen LogP contribution >= 0.6 is 0 Å². The van der Waals surface area contributed by atoms with E-state index in [-0.39, 0.29) is 11.4 Å². The zero-order valence-corrected chi connectivity index (χ0v) is 11.3. The van der Waals surface area contributed by atoms with Crippen LogP contribution in [0.5, 0.6) is 0 Å². The number of hydrogen-bond donors (Lipinski definition) is 1. The second-order valence-electron chi connectivity index (χ2n) is 4.08. The maximum absolute atomic E-state index is 11.3. The number of aliphatic carboxylic acids is 1. The van der Waals surface area contributed by atoms with Gasteiger partial charge in [0.2, 0.25) is 0 Å². The number of carboxylic acids is 1. The maximum atomic E-state index is 11.3. The molecule has 0 fully saturated rings. The fourth-order valence-electron chi connectivity index (χ4n) is 1.64. The van der Waals surface area contributed by atoms with Gasteiger partial charge in [0, 0.05) is 18.5 Å². The van der Waals surface area contributed by atoms with E-state index >= 15 is 0 Å². The molecule has 0 atom stereocenters. The predicted octanol–water partition coefficient (Wildman–Crippen LogP) is 1.39. The molecule has 18 heavy (non-hydrogen) atoms. The Balaban J connectivity index is 2.96. The van der Waals surface area contributed by atoms with Crippen LogP contribution in [-0.2, 0) is 14.6 Å². The number of nitrogens with zero attached hydrogens (tertiary/aromatic N) is 1. The average Bonchev–Trinajstić information content (AvgIpc) is 2.27. The molecule has 100 valence electrons. The zero-order valence-electron chi connectivity index (χ0n) is 10.5. The molecule has 6 heteroatoms. The smallest absolute Gasteiger partial charge is 0.323 e. The molecule has 0 unspecified atom stereocenters. The topological polar surface area (TPSA) is 74.7 Å². The molecule has 5 nitrogen and oxygen atoms in total. The summed E-state index contributed by atoms with van der Waals surface area (Å²) in [5.41, 5.74) is 0.714. The van der Waals surface area contributed by atoms with Gasteiger partial charge in [-0.05, 0) is 30.7 Å². The minimum atomic E-state index is -3.22. The van der Waals surface area contributed by atoms with Crippen molar-refractivity contribution in [2.24, 2.45) is 0 Å². The Hall–Kier alpha value is -1.56. The van der Waals surface area contributed by atoms with Gasteiger partial charge in [-0.3, -0.25) is 4.79 Å². The van der Waals surface area contributed by atoms with Gasteiger partial charge in [0.1, 0.15) is 6.54 Å². The van der Waals surface area contributed by atoms with Crippen LogP contribution < -0.4 is 4.90 Å². The Labute approximate surface area is 107 Å². The molecule has 0 aliphatic rings. The highest BCUT2D eigenvalue weighted by Crippen LogP contribution is 2.18. The summed E-state index contributed by atoms with van der Waals surface area (Å²) >= 11 is 0. The Morgan fingerprint density at radius 1 is 1.28 bits per heavy atom. The summed E-state index contributed by atoms with van der Waals surface area (Å²) in [7, 11) is -3.22. The minimum Gasteiger partial charge on any atom is -0.480 e. The highest BCUT2D eigenvalue weighted by atomic mass is 32.2. The van der Waals surface area contributed by atoms with Crippen molar-refractivity contribution in [2.75, 3.05) is 24.2 Å². The van der Waals surface area contributed by atoms with E-state index in [1.165, 1.54) is 12.1 Å². The SMILES string of the molecule is CCCN(CC(=O)O)c1ccc(S(C)(=O)=O)cc1. The Bertz CT molecular complexity index is 507. The summed E-state index contributed by atoms with van der Waals surface area (Å²) in [5, 5.41) is 8.82. The van der Waals surface area contributed by atoms with Crippen LogP contribution in [-0.4, -0.2) is 38.8 Å². The van der Waals surface area contributed by atoms with Gasteiger partial charge in [-0.2, -0.15) is 0 Å². The molecular weight excluding hydrogens is 254 g/mol. The van der Waals surface area contributed by atoms with Crippen LogP contribution in [0.25, 0.3) is 0 Å². The molecule has 0 spiro atoms. The molecule has 0 aliphatic carbocycles. The predicted molar refractivity (Wildman–Crippen MR) is 69.7 cm³/mol. The van der Waals surface area contributed by atoms with Crippen LogP contribution in [0, 0.1) is 0 Å². The fraction of sp³-hybridized carbons (Fsp3) is 0.417. The van der Waals surface area contributed by atoms with Crippen molar-refractivity contribution in [2.45, 2.75) is 18.2 Å². The van der Waals surface area contributed by atoms with E-state index in [0.717, 1.165) is 12.7 Å². The van der Waals surface area contributed by atoms with Gasteiger partial charge in [0.25, 0.3) is 0 Å². The standard InChI is InChI=1S/C12H17NO4S/c1-3-8-13(9-12(14)15)10-4-6-11(7-5-10)18(2,16)17/h4-7H,3,8-9H2,1-2H3,(H,14,15). The Kier molecular flexibility index (Phi) is 4.72. The van der Waals surface area contributed by atoms with E-state index < -0.39 is 15.8 Å². The first kappa shape index (κ1) is 14.5. The van der Waals surface area contributed by atoms with Gasteiger partial charge < -0.3 is 10.0 Å². The first-order chi connectivity index (χ1) is 8.34. The molecule has 0 heterocycles. The normalized spacial score (nSPS) is 11.2. The van der Waals surface area contributed by atoms with E-state index in [2.05, 4.69) is 0 Å². The van der Waals surface area contributed by atoms with E-state index in [0.29, 0.717) is 12.2 Å². The second kappa shape index (κ2) is 5.86. The molecule has 0 amide bonds. The van der Waals surface area contributed by atoms with Crippen molar-refractivity contribution in [3.05, 3.63) is 24.3 Å². The second-order valence-corrected chi connectivity index (χ2v) is 6.10. The minimum absolute atomic E-state index is 0.0912. The fourth-order valence-corrected chi connectivity index (χ4v) is 2.27. The lowest BCUT2D eigenvalue weighted by molar-refractivity contribution is -0.135. The third kappa shape index (κ3) is 4.03. The molecule has 1 rings (SSSR count). The van der Waals surface area contributed by atoms with Gasteiger partial charge in [-0.1, -0.05) is 6.92 Å². The van der Waals surface area contributed by atoms with Crippen LogP contribution in [0.4, 0.5) is 5.69 Å². The van der Waals surface area contributed by atoms with Crippen molar-refractivity contribution >= 4 is 21.5 Å². The highest BCUT2D eigenvalue weighted by Gasteiger charge is 2.11. The number of hydrogen-bond acceptors (Lipinski definition) is 4. The molecule has 0 bridgehead atoms. The van der Waals surface area contributed by atoms with Crippen molar-refractivity contribution in [3.8, 4) is 0 Å². The number of benzene rings is 1. The van der Waals surface area contributed by atoms with Crippen molar-refractivity contribution in [1.29, 1.82) is 0 Å². The molecule has 1 aromatic rings. The van der Waals surface area contributed by atoms with E-state index in [4.69, 9.17) is 5.11 Å². The molecular formula is C12H17NO4S. The molecule has 1 N–H and O–H groups in total. The Morgan fingerprint density at radius 3 is 2.22 bits per heavy atom. The largest absolute Gasteiger partial charge is 0.480 e. The van der Waals surface area contributed by atoms with Crippen LogP contribution in [0.15, 0.2) is 29.2 Å². The lowest BCUT2D eigenvalue weighted by Gasteiger charge is -2.22. The number of sulfone groups is 1. The average molecular weight is 271 g/mol. The lowest BCUT2D eigenvalue weighted by atomic mass is 10.2. The number of carbonyl (C=O) groups is 1. The lowest BCUT2D eigenvalue weighted by Crippen LogP contribution is -2.30. The summed E-state index contributed by atoms with van der Waals surface area (Å²) in [6.45, 7) is 2.48. The van der Waals surface area contributed by atoms with Crippen LogP contribution in [0.3, 0.4) is 0 Å². The van der Waals surface area contributed by atoms with Crippen molar-refractivity contribution in [1.82, 2.24) is 0 Å². The summed E-state index contributed by atoms with van der Waals surface area (Å²) in [4.78, 5) is 12.7. The zero-order chi connectivity index (χ0) is 13.8. The van der Waals surface area contributed by atoms with Gasteiger partial charge in [-0.25, -0.2) is 8.42 Å².